The highest BCUT2D eigenvalue weighted by atomic mass is 16.4. The van der Waals surface area contributed by atoms with Crippen molar-refractivity contribution in [1.82, 2.24) is 10.2 Å². The molecule has 0 aromatic rings. The van der Waals surface area contributed by atoms with E-state index in [9.17, 15) is 14.4 Å². The van der Waals surface area contributed by atoms with E-state index in [0.29, 0.717) is 0 Å². The lowest BCUT2D eigenvalue weighted by atomic mass is 9.96. The van der Waals surface area contributed by atoms with Crippen molar-refractivity contribution < 1.29 is 19.5 Å². The zero-order valence-electron chi connectivity index (χ0n) is 13.0. The van der Waals surface area contributed by atoms with Crippen LogP contribution in [0.1, 0.15) is 47.5 Å². The Bertz CT molecular complexity index is 359. The largest absolute Gasteiger partial charge is 0.481 e. The third kappa shape index (κ3) is 7.11. The lowest BCUT2D eigenvalue weighted by Gasteiger charge is -2.26. The summed E-state index contributed by atoms with van der Waals surface area (Å²) in [5, 5.41) is 11.4. The molecule has 0 rings (SSSR count). The number of carboxylic acids is 1. The van der Waals surface area contributed by atoms with Gasteiger partial charge < -0.3 is 15.3 Å². The highest BCUT2D eigenvalue weighted by Gasteiger charge is 2.22. The fourth-order valence-electron chi connectivity index (χ4n) is 1.58. The molecular formula is C14H26N2O4. The van der Waals surface area contributed by atoms with Crippen LogP contribution >= 0.6 is 0 Å². The van der Waals surface area contributed by atoms with Gasteiger partial charge >= 0.3 is 5.97 Å². The molecule has 0 bridgehead atoms. The minimum absolute atomic E-state index is 0.0554. The van der Waals surface area contributed by atoms with Crippen LogP contribution < -0.4 is 5.32 Å². The first-order valence-corrected chi connectivity index (χ1v) is 6.85. The predicted molar refractivity (Wildman–Crippen MR) is 76.2 cm³/mol. The van der Waals surface area contributed by atoms with Crippen LogP contribution in [0.4, 0.5) is 0 Å². The molecule has 0 saturated carbocycles. The van der Waals surface area contributed by atoms with E-state index in [1.165, 1.54) is 4.90 Å². The Hall–Kier alpha value is -1.59. The number of carbonyl (C=O) groups excluding carboxylic acids is 2. The van der Waals surface area contributed by atoms with E-state index in [-0.39, 0.29) is 43.8 Å². The molecular weight excluding hydrogens is 260 g/mol. The molecule has 0 unspecified atom stereocenters. The van der Waals surface area contributed by atoms with Gasteiger partial charge in [-0.1, -0.05) is 20.8 Å². The molecule has 2 amide bonds. The maximum Gasteiger partial charge on any atom is 0.305 e. The molecule has 116 valence electrons. The van der Waals surface area contributed by atoms with Crippen LogP contribution in [0.2, 0.25) is 0 Å². The second-order valence-corrected chi connectivity index (χ2v) is 6.08. The standard InChI is InChI=1S/C14H26N2O4/c1-10(2)16(9-7-12(18)19)11(17)6-8-15-13(20)14(3,4)5/h10H,6-9H2,1-5H3,(H,15,20)(H,18,19). The van der Waals surface area contributed by atoms with E-state index in [2.05, 4.69) is 5.32 Å². The van der Waals surface area contributed by atoms with Gasteiger partial charge in [-0.2, -0.15) is 0 Å². The number of hydrogen-bond acceptors (Lipinski definition) is 3. The normalized spacial score (nSPS) is 11.3. The summed E-state index contributed by atoms with van der Waals surface area (Å²) in [7, 11) is 0. The summed E-state index contributed by atoms with van der Waals surface area (Å²) in [5.74, 6) is -1.17. The second kappa shape index (κ2) is 7.87. The smallest absolute Gasteiger partial charge is 0.305 e. The third-order valence-electron chi connectivity index (χ3n) is 2.82. The zero-order valence-corrected chi connectivity index (χ0v) is 13.0. The van der Waals surface area contributed by atoms with Crippen molar-refractivity contribution in [2.24, 2.45) is 5.41 Å². The summed E-state index contributed by atoms with van der Waals surface area (Å²) in [6, 6.07) is -0.0554. The molecule has 0 radical (unpaired) electrons. The fraction of sp³-hybridized carbons (Fsp3) is 0.786. The quantitative estimate of drug-likeness (QED) is 0.737. The number of carboxylic acid groups (broad SMARTS) is 1. The van der Waals surface area contributed by atoms with Crippen LogP contribution in [0, 0.1) is 5.41 Å². The van der Waals surface area contributed by atoms with Gasteiger partial charge in [0.1, 0.15) is 0 Å². The molecule has 6 heteroatoms. The van der Waals surface area contributed by atoms with Crippen molar-refractivity contribution >= 4 is 17.8 Å². The Morgan fingerprint density at radius 1 is 1.15 bits per heavy atom. The average Bonchev–Trinajstić information content (AvgIpc) is 2.26. The van der Waals surface area contributed by atoms with Gasteiger partial charge in [-0.05, 0) is 13.8 Å². The highest BCUT2D eigenvalue weighted by Crippen LogP contribution is 2.12. The molecule has 0 atom stereocenters. The van der Waals surface area contributed by atoms with Gasteiger partial charge in [0.05, 0.1) is 6.42 Å². The Labute approximate surface area is 120 Å². The maximum absolute atomic E-state index is 12.0. The Morgan fingerprint density at radius 2 is 1.70 bits per heavy atom. The van der Waals surface area contributed by atoms with Crippen molar-refractivity contribution in [3.05, 3.63) is 0 Å². The van der Waals surface area contributed by atoms with Gasteiger partial charge in [-0.15, -0.1) is 0 Å². The topological polar surface area (TPSA) is 86.7 Å². The predicted octanol–water partition coefficient (Wildman–Crippen LogP) is 1.25. The number of carbonyl (C=O) groups is 3. The third-order valence-corrected chi connectivity index (χ3v) is 2.82. The van der Waals surface area contributed by atoms with Gasteiger partial charge in [0.2, 0.25) is 11.8 Å². The number of aliphatic carboxylic acids is 1. The van der Waals surface area contributed by atoms with Crippen molar-refractivity contribution in [3.63, 3.8) is 0 Å². The molecule has 0 saturated heterocycles. The van der Waals surface area contributed by atoms with Crippen LogP contribution in [0.25, 0.3) is 0 Å². The lowest BCUT2D eigenvalue weighted by Crippen LogP contribution is -2.41. The van der Waals surface area contributed by atoms with Gasteiger partial charge in [0, 0.05) is 31.0 Å². The van der Waals surface area contributed by atoms with Crippen LogP contribution in [-0.4, -0.2) is 46.9 Å². The number of hydrogen-bond donors (Lipinski definition) is 2. The average molecular weight is 286 g/mol. The first-order valence-electron chi connectivity index (χ1n) is 6.85. The molecule has 0 aliphatic carbocycles. The molecule has 0 spiro atoms. The van der Waals surface area contributed by atoms with Crippen LogP contribution in [-0.2, 0) is 14.4 Å². The molecule has 20 heavy (non-hydrogen) atoms. The number of rotatable bonds is 7. The van der Waals surface area contributed by atoms with Gasteiger partial charge in [-0.25, -0.2) is 0 Å². The van der Waals surface area contributed by atoms with Crippen molar-refractivity contribution in [2.45, 2.75) is 53.5 Å². The van der Waals surface area contributed by atoms with Crippen LogP contribution in [0.3, 0.4) is 0 Å². The van der Waals surface area contributed by atoms with E-state index in [4.69, 9.17) is 5.11 Å². The maximum atomic E-state index is 12.0. The van der Waals surface area contributed by atoms with Gasteiger partial charge in [-0.3, -0.25) is 14.4 Å². The molecule has 0 aliphatic heterocycles. The molecule has 0 aromatic heterocycles. The van der Waals surface area contributed by atoms with E-state index in [1.807, 2.05) is 13.8 Å². The molecule has 0 aromatic carbocycles. The monoisotopic (exact) mass is 286 g/mol. The van der Waals surface area contributed by atoms with Crippen LogP contribution in [0.15, 0.2) is 0 Å². The fourth-order valence-corrected chi connectivity index (χ4v) is 1.58. The number of nitrogens with zero attached hydrogens (tertiary/aromatic N) is 1. The number of amides is 2. The van der Waals surface area contributed by atoms with Crippen LogP contribution in [0.5, 0.6) is 0 Å². The first-order chi connectivity index (χ1) is 9.05. The molecule has 0 heterocycles. The first kappa shape index (κ1) is 18.4. The second-order valence-electron chi connectivity index (χ2n) is 6.08. The summed E-state index contributed by atoms with van der Waals surface area (Å²) < 4.78 is 0. The summed E-state index contributed by atoms with van der Waals surface area (Å²) in [6.07, 6.45) is 0.109. The van der Waals surface area contributed by atoms with E-state index >= 15 is 0 Å². The molecule has 0 aliphatic rings. The Morgan fingerprint density at radius 3 is 2.10 bits per heavy atom. The van der Waals surface area contributed by atoms with E-state index in [1.54, 1.807) is 20.8 Å². The summed E-state index contributed by atoms with van der Waals surface area (Å²) >= 11 is 0. The molecule has 6 nitrogen and oxygen atoms in total. The SMILES string of the molecule is CC(C)N(CCC(=O)O)C(=O)CCNC(=O)C(C)(C)C. The summed E-state index contributed by atoms with van der Waals surface area (Å²) in [5.41, 5.74) is -0.482. The zero-order chi connectivity index (χ0) is 15.9. The lowest BCUT2D eigenvalue weighted by molar-refractivity contribution is -0.139. The molecule has 0 fully saturated rings. The van der Waals surface area contributed by atoms with E-state index < -0.39 is 11.4 Å². The summed E-state index contributed by atoms with van der Waals surface area (Å²) in [4.78, 5) is 35.8. The Balaban J connectivity index is 4.27. The minimum atomic E-state index is -0.926. The minimum Gasteiger partial charge on any atom is -0.481 e. The van der Waals surface area contributed by atoms with Crippen molar-refractivity contribution in [3.8, 4) is 0 Å². The van der Waals surface area contributed by atoms with Crippen molar-refractivity contribution in [1.29, 1.82) is 0 Å². The Kier molecular flexibility index (Phi) is 7.24. The highest BCUT2D eigenvalue weighted by molar-refractivity contribution is 5.82. The van der Waals surface area contributed by atoms with Gasteiger partial charge in [0.15, 0.2) is 0 Å². The van der Waals surface area contributed by atoms with Gasteiger partial charge in [0.25, 0.3) is 0 Å². The van der Waals surface area contributed by atoms with E-state index in [0.717, 1.165) is 0 Å². The molecule has 2 N–H and O–H groups in total. The summed E-state index contributed by atoms with van der Waals surface area (Å²) in [6.45, 7) is 9.55. The number of nitrogens with one attached hydrogen (secondary N) is 1. The van der Waals surface area contributed by atoms with Crippen molar-refractivity contribution in [2.75, 3.05) is 13.1 Å².